The number of furan rings is 1. The maximum absolute atomic E-state index is 12.1. The second-order valence-corrected chi connectivity index (χ2v) is 5.95. The van der Waals surface area contributed by atoms with Crippen molar-refractivity contribution >= 4 is 11.8 Å². The van der Waals surface area contributed by atoms with Crippen molar-refractivity contribution < 1.29 is 14.0 Å². The summed E-state index contributed by atoms with van der Waals surface area (Å²) >= 11 is 0. The van der Waals surface area contributed by atoms with Gasteiger partial charge in [-0.1, -0.05) is 0 Å². The molecule has 0 aromatic carbocycles. The molecular formula is C16H25N3O3. The average Bonchev–Trinajstić information content (AvgIpc) is 3.00. The minimum atomic E-state index is 0.0159. The molecule has 1 aliphatic rings. The smallest absolute Gasteiger partial charge is 0.234 e. The lowest BCUT2D eigenvalue weighted by atomic mass is 10.0. The predicted molar refractivity (Wildman–Crippen MR) is 83.2 cm³/mol. The molecule has 6 heteroatoms. The highest BCUT2D eigenvalue weighted by atomic mass is 16.3. The normalized spacial score (nSPS) is 17.5. The standard InChI is InChI=1S/C16H25N3O3/c1-12(15-5-4-10-22-15)18(3)11-16(21)17-14-6-8-19(9-7-14)13(2)20/h4-5,10,12,14H,6-9,11H2,1-3H3,(H,17,21). The minimum Gasteiger partial charge on any atom is -0.468 e. The van der Waals surface area contributed by atoms with Crippen LogP contribution in [-0.2, 0) is 9.59 Å². The first-order valence-corrected chi connectivity index (χ1v) is 7.76. The molecule has 1 atom stereocenters. The van der Waals surface area contributed by atoms with Crippen LogP contribution in [0.5, 0.6) is 0 Å². The molecule has 1 saturated heterocycles. The molecule has 2 heterocycles. The predicted octanol–water partition coefficient (Wildman–Crippen LogP) is 1.40. The minimum absolute atomic E-state index is 0.0159. The maximum Gasteiger partial charge on any atom is 0.234 e. The van der Waals surface area contributed by atoms with Crippen LogP contribution in [0, 0.1) is 0 Å². The van der Waals surface area contributed by atoms with E-state index in [9.17, 15) is 9.59 Å². The van der Waals surface area contributed by atoms with Gasteiger partial charge >= 0.3 is 0 Å². The van der Waals surface area contributed by atoms with E-state index in [0.717, 1.165) is 31.7 Å². The summed E-state index contributed by atoms with van der Waals surface area (Å²) in [5, 5.41) is 3.06. The Bertz CT molecular complexity index is 493. The van der Waals surface area contributed by atoms with Crippen LogP contribution < -0.4 is 5.32 Å². The summed E-state index contributed by atoms with van der Waals surface area (Å²) in [6, 6.07) is 3.98. The number of carbonyl (C=O) groups excluding carboxylic acids is 2. The quantitative estimate of drug-likeness (QED) is 0.893. The van der Waals surface area contributed by atoms with Crippen LogP contribution in [0.15, 0.2) is 22.8 Å². The molecule has 2 rings (SSSR count). The first-order chi connectivity index (χ1) is 10.5. The Kier molecular flexibility index (Phi) is 5.60. The Balaban J connectivity index is 1.75. The largest absolute Gasteiger partial charge is 0.468 e. The van der Waals surface area contributed by atoms with Crippen LogP contribution in [0.25, 0.3) is 0 Å². The third-order valence-corrected chi connectivity index (χ3v) is 4.31. The second-order valence-electron chi connectivity index (χ2n) is 5.95. The lowest BCUT2D eigenvalue weighted by Crippen LogP contribution is -2.48. The molecule has 2 amide bonds. The van der Waals surface area contributed by atoms with Gasteiger partial charge in [0.05, 0.1) is 18.8 Å². The lowest BCUT2D eigenvalue weighted by molar-refractivity contribution is -0.130. The van der Waals surface area contributed by atoms with E-state index in [2.05, 4.69) is 5.32 Å². The van der Waals surface area contributed by atoms with Crippen molar-refractivity contribution in [2.45, 2.75) is 38.8 Å². The molecule has 0 spiro atoms. The van der Waals surface area contributed by atoms with Gasteiger partial charge in [-0.3, -0.25) is 14.5 Å². The number of hydrogen-bond donors (Lipinski definition) is 1. The highest BCUT2D eigenvalue weighted by Gasteiger charge is 2.23. The topological polar surface area (TPSA) is 65.8 Å². The zero-order chi connectivity index (χ0) is 16.1. The van der Waals surface area contributed by atoms with Gasteiger partial charge in [0.1, 0.15) is 5.76 Å². The van der Waals surface area contributed by atoms with Gasteiger partial charge in [0.2, 0.25) is 11.8 Å². The summed E-state index contributed by atoms with van der Waals surface area (Å²) in [5.41, 5.74) is 0. The molecule has 0 bridgehead atoms. The SMILES string of the molecule is CC(=O)N1CCC(NC(=O)CN(C)C(C)c2ccco2)CC1. The molecule has 1 aromatic heterocycles. The molecule has 122 valence electrons. The fraction of sp³-hybridized carbons (Fsp3) is 0.625. The average molecular weight is 307 g/mol. The number of nitrogens with zero attached hydrogens (tertiary/aromatic N) is 2. The van der Waals surface area contributed by atoms with Crippen LogP contribution >= 0.6 is 0 Å². The Hall–Kier alpha value is -1.82. The van der Waals surface area contributed by atoms with Crippen molar-refractivity contribution in [3.05, 3.63) is 24.2 Å². The van der Waals surface area contributed by atoms with E-state index >= 15 is 0 Å². The van der Waals surface area contributed by atoms with Gasteiger partial charge in [0.15, 0.2) is 0 Å². The summed E-state index contributed by atoms with van der Waals surface area (Å²) in [4.78, 5) is 27.2. The molecule has 1 aromatic rings. The van der Waals surface area contributed by atoms with Crippen molar-refractivity contribution in [3.63, 3.8) is 0 Å². The first-order valence-electron chi connectivity index (χ1n) is 7.76. The van der Waals surface area contributed by atoms with Gasteiger partial charge in [-0.05, 0) is 38.9 Å². The molecule has 1 fully saturated rings. The Morgan fingerprint density at radius 1 is 1.45 bits per heavy atom. The maximum atomic E-state index is 12.1. The zero-order valence-corrected chi connectivity index (χ0v) is 13.5. The number of carbonyl (C=O) groups is 2. The van der Waals surface area contributed by atoms with Gasteiger partial charge in [-0.15, -0.1) is 0 Å². The highest BCUT2D eigenvalue weighted by Crippen LogP contribution is 2.18. The number of likely N-dealkylation sites (tertiary alicyclic amines) is 1. The van der Waals surface area contributed by atoms with Crippen molar-refractivity contribution in [2.75, 3.05) is 26.7 Å². The van der Waals surface area contributed by atoms with E-state index in [-0.39, 0.29) is 23.9 Å². The van der Waals surface area contributed by atoms with E-state index in [4.69, 9.17) is 4.42 Å². The fourth-order valence-corrected chi connectivity index (χ4v) is 2.72. The summed E-state index contributed by atoms with van der Waals surface area (Å²) < 4.78 is 5.37. The van der Waals surface area contributed by atoms with Crippen LogP contribution in [0.1, 0.15) is 38.5 Å². The van der Waals surface area contributed by atoms with E-state index in [1.54, 1.807) is 13.2 Å². The molecule has 0 aliphatic carbocycles. The third kappa shape index (κ3) is 4.34. The van der Waals surface area contributed by atoms with Gasteiger partial charge in [-0.25, -0.2) is 0 Å². The molecule has 6 nitrogen and oxygen atoms in total. The second kappa shape index (κ2) is 7.45. The van der Waals surface area contributed by atoms with E-state index in [1.165, 1.54) is 0 Å². The molecule has 22 heavy (non-hydrogen) atoms. The number of amides is 2. The van der Waals surface area contributed by atoms with Gasteiger partial charge < -0.3 is 14.6 Å². The monoisotopic (exact) mass is 307 g/mol. The summed E-state index contributed by atoms with van der Waals surface area (Å²) in [7, 11) is 1.91. The third-order valence-electron chi connectivity index (χ3n) is 4.31. The van der Waals surface area contributed by atoms with E-state index in [0.29, 0.717) is 6.54 Å². The molecular weight excluding hydrogens is 282 g/mol. The Morgan fingerprint density at radius 3 is 2.68 bits per heavy atom. The van der Waals surface area contributed by atoms with E-state index in [1.807, 2.05) is 35.9 Å². The molecule has 1 N–H and O–H groups in total. The zero-order valence-electron chi connectivity index (χ0n) is 13.5. The molecule has 0 radical (unpaired) electrons. The van der Waals surface area contributed by atoms with Crippen molar-refractivity contribution in [1.82, 2.24) is 15.1 Å². The summed E-state index contributed by atoms with van der Waals surface area (Å²) in [6.07, 6.45) is 3.29. The van der Waals surface area contributed by atoms with Crippen LogP contribution in [-0.4, -0.2) is 54.3 Å². The number of likely N-dealkylation sites (N-methyl/N-ethyl adjacent to an activating group) is 1. The molecule has 1 unspecified atom stereocenters. The number of hydrogen-bond acceptors (Lipinski definition) is 4. The van der Waals surface area contributed by atoms with Crippen LogP contribution in [0.3, 0.4) is 0 Å². The van der Waals surface area contributed by atoms with E-state index < -0.39 is 0 Å². The Morgan fingerprint density at radius 2 is 2.14 bits per heavy atom. The number of piperidine rings is 1. The van der Waals surface area contributed by atoms with Gasteiger partial charge in [0, 0.05) is 26.1 Å². The van der Waals surface area contributed by atoms with Crippen molar-refractivity contribution in [2.24, 2.45) is 0 Å². The van der Waals surface area contributed by atoms with Crippen molar-refractivity contribution in [1.29, 1.82) is 0 Å². The first kappa shape index (κ1) is 16.5. The number of rotatable bonds is 5. The van der Waals surface area contributed by atoms with Gasteiger partial charge in [0.25, 0.3) is 0 Å². The fourth-order valence-electron chi connectivity index (χ4n) is 2.72. The molecule has 0 saturated carbocycles. The summed E-state index contributed by atoms with van der Waals surface area (Å²) in [6.45, 7) is 5.37. The number of nitrogens with one attached hydrogen (secondary N) is 1. The van der Waals surface area contributed by atoms with Crippen molar-refractivity contribution in [3.8, 4) is 0 Å². The van der Waals surface area contributed by atoms with Crippen LogP contribution in [0.2, 0.25) is 0 Å². The van der Waals surface area contributed by atoms with Crippen LogP contribution in [0.4, 0.5) is 0 Å². The van der Waals surface area contributed by atoms with Gasteiger partial charge in [-0.2, -0.15) is 0 Å². The Labute approximate surface area is 131 Å². The summed E-state index contributed by atoms with van der Waals surface area (Å²) in [5.74, 6) is 0.976. The molecule has 1 aliphatic heterocycles. The lowest BCUT2D eigenvalue weighted by Gasteiger charge is -2.32. The highest BCUT2D eigenvalue weighted by molar-refractivity contribution is 5.78.